The minimum absolute atomic E-state index is 0.230. The van der Waals surface area contributed by atoms with Crippen molar-refractivity contribution in [3.8, 4) is 0 Å². The number of rotatable bonds is 7. The maximum Gasteiger partial charge on any atom is 0.321 e. The first kappa shape index (κ1) is 17.9. The van der Waals surface area contributed by atoms with Crippen LogP contribution in [0.2, 0.25) is 0 Å². The Morgan fingerprint density at radius 2 is 1.95 bits per heavy atom. The molecule has 0 atom stereocenters. The third kappa shape index (κ3) is 8.02. The van der Waals surface area contributed by atoms with Crippen LogP contribution in [-0.2, 0) is 4.79 Å². The number of hydrogen-bond donors (Lipinski definition) is 3. The summed E-state index contributed by atoms with van der Waals surface area (Å²) in [4.78, 5) is 25.5. The van der Waals surface area contributed by atoms with E-state index in [0.29, 0.717) is 18.4 Å². The molecule has 1 aliphatic heterocycles. The second-order valence-corrected chi connectivity index (χ2v) is 6.17. The van der Waals surface area contributed by atoms with E-state index in [-0.39, 0.29) is 12.5 Å². The number of carbonyl (C=O) groups is 2. The highest BCUT2D eigenvalue weighted by Crippen LogP contribution is 2.13. The minimum Gasteiger partial charge on any atom is -0.338 e. The molecule has 3 N–H and O–H groups in total. The third-order valence-electron chi connectivity index (χ3n) is 3.71. The number of likely N-dealkylation sites (N-methyl/N-ethyl adjacent to an activating group) is 1. The molecule has 1 fully saturated rings. The van der Waals surface area contributed by atoms with E-state index in [9.17, 15) is 9.59 Å². The molecule has 0 spiro atoms. The summed E-state index contributed by atoms with van der Waals surface area (Å²) in [6, 6.07) is -0.397. The normalized spacial score (nSPS) is 16.2. The van der Waals surface area contributed by atoms with E-state index in [4.69, 9.17) is 0 Å². The Morgan fingerprint density at radius 3 is 2.52 bits per heavy atom. The highest BCUT2D eigenvalue weighted by atomic mass is 16.2. The fourth-order valence-electron chi connectivity index (χ4n) is 2.45. The van der Waals surface area contributed by atoms with Gasteiger partial charge in [-0.15, -0.1) is 0 Å². The van der Waals surface area contributed by atoms with Crippen LogP contribution >= 0.6 is 0 Å². The van der Waals surface area contributed by atoms with Gasteiger partial charge in [-0.2, -0.15) is 0 Å². The van der Waals surface area contributed by atoms with Gasteiger partial charge in [-0.1, -0.05) is 20.8 Å². The lowest BCUT2D eigenvalue weighted by atomic mass is 9.97. The van der Waals surface area contributed by atoms with Gasteiger partial charge >= 0.3 is 6.03 Å². The van der Waals surface area contributed by atoms with E-state index >= 15 is 0 Å². The molecule has 6 nitrogen and oxygen atoms in total. The van der Waals surface area contributed by atoms with Crippen molar-refractivity contribution < 1.29 is 9.59 Å². The smallest absolute Gasteiger partial charge is 0.321 e. The van der Waals surface area contributed by atoms with Crippen molar-refractivity contribution in [2.24, 2.45) is 11.8 Å². The van der Waals surface area contributed by atoms with Crippen LogP contribution in [0.15, 0.2) is 0 Å². The molecule has 1 saturated heterocycles. The molecule has 1 aliphatic rings. The summed E-state index contributed by atoms with van der Waals surface area (Å²) in [5.74, 6) is 0.790. The zero-order valence-corrected chi connectivity index (χ0v) is 13.6. The molecule has 1 heterocycles. The monoisotopic (exact) mass is 298 g/mol. The first-order valence-electron chi connectivity index (χ1n) is 8.02. The van der Waals surface area contributed by atoms with E-state index in [0.717, 1.165) is 39.0 Å². The molecule has 0 radical (unpaired) electrons. The average Bonchev–Trinajstić information content (AvgIpc) is 2.45. The largest absolute Gasteiger partial charge is 0.338 e. The molecule has 0 aromatic carbocycles. The summed E-state index contributed by atoms with van der Waals surface area (Å²) in [6.07, 6.45) is 2.32. The second-order valence-electron chi connectivity index (χ2n) is 6.17. The van der Waals surface area contributed by atoms with Gasteiger partial charge in [0.2, 0.25) is 5.91 Å². The molecule has 1 rings (SSSR count). The number of amides is 3. The molecule has 21 heavy (non-hydrogen) atoms. The molecule has 0 unspecified atom stereocenters. The van der Waals surface area contributed by atoms with Gasteiger partial charge in [0.05, 0.1) is 6.54 Å². The number of imide groups is 1. The Bertz CT molecular complexity index is 328. The van der Waals surface area contributed by atoms with E-state index < -0.39 is 6.03 Å². The molecule has 0 aromatic rings. The maximum absolute atomic E-state index is 11.9. The Labute approximate surface area is 128 Å². The summed E-state index contributed by atoms with van der Waals surface area (Å²) < 4.78 is 0. The van der Waals surface area contributed by atoms with Crippen molar-refractivity contribution in [3.05, 3.63) is 0 Å². The lowest BCUT2D eigenvalue weighted by molar-refractivity contribution is -0.121. The van der Waals surface area contributed by atoms with Crippen LogP contribution in [0.25, 0.3) is 0 Å². The number of urea groups is 1. The van der Waals surface area contributed by atoms with Gasteiger partial charge in [0.25, 0.3) is 0 Å². The van der Waals surface area contributed by atoms with Crippen molar-refractivity contribution >= 4 is 11.9 Å². The second kappa shape index (κ2) is 9.73. The molecule has 0 bridgehead atoms. The standard InChI is InChI=1S/C15H30N4O2/c1-4-19(10-13-5-7-16-8-6-13)11-14(20)18-15(21)17-9-12(2)3/h12-13,16H,4-11H2,1-3H3,(H2,17,18,20,21). The van der Waals surface area contributed by atoms with Crippen LogP contribution in [0.4, 0.5) is 4.79 Å². The lowest BCUT2D eigenvalue weighted by Crippen LogP contribution is -2.46. The fraction of sp³-hybridized carbons (Fsp3) is 0.867. The van der Waals surface area contributed by atoms with E-state index in [1.807, 2.05) is 20.8 Å². The highest BCUT2D eigenvalue weighted by molar-refractivity contribution is 5.95. The van der Waals surface area contributed by atoms with Gasteiger partial charge < -0.3 is 10.6 Å². The fourth-order valence-corrected chi connectivity index (χ4v) is 2.45. The zero-order chi connectivity index (χ0) is 15.7. The average molecular weight is 298 g/mol. The topological polar surface area (TPSA) is 73.5 Å². The lowest BCUT2D eigenvalue weighted by Gasteiger charge is -2.28. The van der Waals surface area contributed by atoms with Gasteiger partial charge in [-0.25, -0.2) is 4.79 Å². The van der Waals surface area contributed by atoms with Crippen LogP contribution < -0.4 is 16.0 Å². The Hall–Kier alpha value is -1.14. The van der Waals surface area contributed by atoms with Gasteiger partial charge in [-0.3, -0.25) is 15.0 Å². The van der Waals surface area contributed by atoms with Crippen LogP contribution in [0, 0.1) is 11.8 Å². The van der Waals surface area contributed by atoms with Crippen molar-refractivity contribution in [3.63, 3.8) is 0 Å². The molecule has 0 saturated carbocycles. The van der Waals surface area contributed by atoms with Gasteiger partial charge in [-0.05, 0) is 44.3 Å². The Kier molecular flexibility index (Phi) is 8.30. The molecule has 3 amide bonds. The van der Waals surface area contributed by atoms with Gasteiger partial charge in [0, 0.05) is 13.1 Å². The first-order valence-corrected chi connectivity index (χ1v) is 8.02. The van der Waals surface area contributed by atoms with Crippen molar-refractivity contribution in [1.82, 2.24) is 20.9 Å². The van der Waals surface area contributed by atoms with Crippen LogP contribution in [-0.4, -0.2) is 56.1 Å². The molecule has 122 valence electrons. The van der Waals surface area contributed by atoms with Crippen LogP contribution in [0.5, 0.6) is 0 Å². The molecular formula is C15H30N4O2. The van der Waals surface area contributed by atoms with E-state index in [1.54, 1.807) is 0 Å². The summed E-state index contributed by atoms with van der Waals surface area (Å²) in [5.41, 5.74) is 0. The number of carbonyl (C=O) groups excluding carboxylic acids is 2. The summed E-state index contributed by atoms with van der Waals surface area (Å²) in [7, 11) is 0. The molecule has 6 heteroatoms. The Morgan fingerprint density at radius 1 is 1.29 bits per heavy atom. The van der Waals surface area contributed by atoms with Gasteiger partial charge in [0.15, 0.2) is 0 Å². The highest BCUT2D eigenvalue weighted by Gasteiger charge is 2.18. The number of nitrogens with zero attached hydrogens (tertiary/aromatic N) is 1. The minimum atomic E-state index is -0.397. The number of piperidine rings is 1. The first-order chi connectivity index (χ1) is 10.0. The predicted molar refractivity (Wildman–Crippen MR) is 84.1 cm³/mol. The summed E-state index contributed by atoms with van der Waals surface area (Å²) in [5, 5.41) is 8.43. The van der Waals surface area contributed by atoms with Gasteiger partial charge in [0.1, 0.15) is 0 Å². The zero-order valence-electron chi connectivity index (χ0n) is 13.6. The molecule has 0 aromatic heterocycles. The SMILES string of the molecule is CCN(CC(=O)NC(=O)NCC(C)C)CC1CCNCC1. The van der Waals surface area contributed by atoms with Crippen molar-refractivity contribution in [1.29, 1.82) is 0 Å². The van der Waals surface area contributed by atoms with Crippen LogP contribution in [0.1, 0.15) is 33.6 Å². The van der Waals surface area contributed by atoms with Crippen molar-refractivity contribution in [2.75, 3.05) is 39.3 Å². The van der Waals surface area contributed by atoms with E-state index in [1.165, 1.54) is 0 Å². The number of nitrogens with one attached hydrogen (secondary N) is 3. The predicted octanol–water partition coefficient (Wildman–Crippen LogP) is 0.790. The van der Waals surface area contributed by atoms with Crippen molar-refractivity contribution in [2.45, 2.75) is 33.6 Å². The Balaban J connectivity index is 2.27. The number of hydrogen-bond acceptors (Lipinski definition) is 4. The summed E-state index contributed by atoms with van der Waals surface area (Å²) >= 11 is 0. The summed E-state index contributed by atoms with van der Waals surface area (Å²) in [6.45, 7) is 10.8. The maximum atomic E-state index is 11.9. The molecular weight excluding hydrogens is 268 g/mol. The quantitative estimate of drug-likeness (QED) is 0.650. The van der Waals surface area contributed by atoms with Crippen LogP contribution in [0.3, 0.4) is 0 Å². The molecule has 0 aliphatic carbocycles. The van der Waals surface area contributed by atoms with E-state index in [2.05, 4.69) is 20.9 Å². The third-order valence-corrected chi connectivity index (χ3v) is 3.71.